The summed E-state index contributed by atoms with van der Waals surface area (Å²) in [7, 11) is 0. The molecule has 13 atom stereocenters. The monoisotopic (exact) mass is 1650 g/mol. The van der Waals surface area contributed by atoms with E-state index in [4.69, 9.17) is 28.4 Å². The number of benzene rings is 5. The molecule has 2 fully saturated rings. The Hall–Kier alpha value is -7.59. The number of unbranched alkanes of at least 4 members (excludes halogenated alkanes) is 8. The predicted octanol–water partition coefficient (Wildman–Crippen LogP) is 25.3. The first-order valence-corrected chi connectivity index (χ1v) is 46.1. The smallest absolute Gasteiger partial charge is 0.339 e. The second-order valence-corrected chi connectivity index (χ2v) is 40.3. The highest BCUT2D eigenvalue weighted by molar-refractivity contribution is 5.94. The zero-order chi connectivity index (χ0) is 86.4. The van der Waals surface area contributed by atoms with Crippen molar-refractivity contribution in [1.29, 1.82) is 0 Å². The maximum atomic E-state index is 11.9. The second-order valence-electron chi connectivity index (χ2n) is 40.3. The van der Waals surface area contributed by atoms with E-state index >= 15 is 0 Å². The van der Waals surface area contributed by atoms with Crippen molar-refractivity contribution < 1.29 is 74.1 Å². The van der Waals surface area contributed by atoms with Gasteiger partial charge in [-0.2, -0.15) is 0 Å². The van der Waals surface area contributed by atoms with E-state index in [-0.39, 0.29) is 64.5 Å². The van der Waals surface area contributed by atoms with Gasteiger partial charge >= 0.3 is 5.97 Å². The first kappa shape index (κ1) is 93.1. The van der Waals surface area contributed by atoms with Crippen molar-refractivity contribution in [2.75, 3.05) is 0 Å². The lowest BCUT2D eigenvalue weighted by molar-refractivity contribution is -0.0826. The molecule has 0 spiro atoms. The maximum Gasteiger partial charge on any atom is 0.339 e. The van der Waals surface area contributed by atoms with Crippen LogP contribution < -0.4 is 28.4 Å². The van der Waals surface area contributed by atoms with Gasteiger partial charge in [0.2, 0.25) is 0 Å². The molecule has 5 aliphatic carbocycles. The predicted molar refractivity (Wildman–Crippen MR) is 485 cm³/mol. The van der Waals surface area contributed by atoms with Gasteiger partial charge in [0.15, 0.2) is 0 Å². The van der Waals surface area contributed by atoms with Crippen molar-refractivity contribution in [2.24, 2.45) is 35.5 Å². The Morgan fingerprint density at radius 3 is 1.41 bits per heavy atom. The van der Waals surface area contributed by atoms with Gasteiger partial charge < -0.3 is 69.3 Å². The number of allylic oxidation sites excluding steroid dienone is 3. The number of aliphatic hydroxyl groups excluding tert-OH is 1. The van der Waals surface area contributed by atoms with E-state index in [2.05, 4.69) is 133 Å². The fourth-order valence-electron chi connectivity index (χ4n) is 22.1. The number of fused-ring (bicyclic) bond motifs is 12. The molecule has 0 radical (unpaired) electrons. The fourth-order valence-corrected chi connectivity index (χ4v) is 22.1. The first-order valence-electron chi connectivity index (χ1n) is 46.1. The molecule has 0 aromatic heterocycles. The van der Waals surface area contributed by atoms with Gasteiger partial charge in [-0.1, -0.05) is 138 Å². The number of rotatable bonds is 20. The normalized spacial score (nSPS) is 28.0. The molecule has 16 rings (SSSR count). The van der Waals surface area contributed by atoms with E-state index in [0.717, 1.165) is 134 Å². The Balaban J connectivity index is 0.000000146. The molecule has 11 aliphatic rings. The molecule has 15 heteroatoms. The molecular formula is C105H150O15. The summed E-state index contributed by atoms with van der Waals surface area (Å²) in [6.45, 7) is 44.3. The lowest BCUT2D eigenvalue weighted by atomic mass is 9.61. The van der Waals surface area contributed by atoms with Crippen LogP contribution in [-0.4, -0.2) is 98.2 Å². The van der Waals surface area contributed by atoms with Crippen LogP contribution in [0.3, 0.4) is 0 Å². The van der Waals surface area contributed by atoms with Crippen molar-refractivity contribution in [3.05, 3.63) is 146 Å². The van der Waals surface area contributed by atoms with Crippen LogP contribution in [0.4, 0.5) is 0 Å². The molecule has 6 heterocycles. The molecule has 2 bridgehead atoms. The van der Waals surface area contributed by atoms with Crippen molar-refractivity contribution in [3.8, 4) is 57.5 Å². The molecule has 6 aliphatic heterocycles. The van der Waals surface area contributed by atoms with Gasteiger partial charge in [0, 0.05) is 46.3 Å². The fraction of sp³-hybridized carbons (Fsp3) is 0.629. The quantitative estimate of drug-likeness (QED) is 0.0267. The molecule has 15 nitrogen and oxygen atoms in total. The number of ether oxygens (including phenoxy) is 6. The van der Waals surface area contributed by atoms with Crippen LogP contribution in [0.1, 0.15) is 371 Å². The van der Waals surface area contributed by atoms with Crippen LogP contribution in [0.25, 0.3) is 16.7 Å². The number of phenols is 4. The molecule has 660 valence electrons. The van der Waals surface area contributed by atoms with E-state index in [1.807, 2.05) is 45.9 Å². The van der Waals surface area contributed by atoms with E-state index in [1.165, 1.54) is 110 Å². The van der Waals surface area contributed by atoms with Crippen LogP contribution in [0.2, 0.25) is 0 Å². The average molecular weight is 1650 g/mol. The molecule has 0 amide bonds. The summed E-state index contributed by atoms with van der Waals surface area (Å²) in [5, 5.41) is 84.6. The number of phenolic OH excluding ortho intramolecular Hbond substituents is 4. The Morgan fingerprint density at radius 1 is 0.492 bits per heavy atom. The van der Waals surface area contributed by atoms with Gasteiger partial charge in [-0.15, -0.1) is 0 Å². The summed E-state index contributed by atoms with van der Waals surface area (Å²) in [4.78, 5) is 11.9. The zero-order valence-corrected chi connectivity index (χ0v) is 75.8. The summed E-state index contributed by atoms with van der Waals surface area (Å²) in [5.74, 6) is 7.60. The Kier molecular flexibility index (Phi) is 28.8. The highest BCUT2D eigenvalue weighted by atomic mass is 16.5. The second kappa shape index (κ2) is 37.1. The van der Waals surface area contributed by atoms with Crippen LogP contribution in [0, 0.1) is 35.5 Å². The summed E-state index contributed by atoms with van der Waals surface area (Å²) in [5.41, 5.74) is 11.7. The summed E-state index contributed by atoms with van der Waals surface area (Å²) in [6, 6.07) is 18.1. The number of carboxylic acid groups (broad SMARTS) is 1. The number of hydrogen-bond donors (Lipinski definition) is 8. The number of aryl methyl sites for hydroxylation is 5. The molecule has 2 saturated carbocycles. The third-order valence-electron chi connectivity index (χ3n) is 28.6. The van der Waals surface area contributed by atoms with Gasteiger partial charge in [0.1, 0.15) is 103 Å². The van der Waals surface area contributed by atoms with Gasteiger partial charge in [-0.25, -0.2) is 4.79 Å². The highest BCUT2D eigenvalue weighted by Gasteiger charge is 2.57. The maximum absolute atomic E-state index is 11.9. The minimum Gasteiger partial charge on any atom is -0.508 e. The Labute approximate surface area is 719 Å². The molecule has 5 unspecified atom stereocenters. The number of carboxylic acids is 1. The Bertz CT molecular complexity index is 4490. The molecule has 0 saturated heterocycles. The van der Waals surface area contributed by atoms with E-state index in [9.17, 15) is 45.6 Å². The average Bonchev–Trinajstić information content (AvgIpc) is 0.876. The van der Waals surface area contributed by atoms with Crippen molar-refractivity contribution in [1.82, 2.24) is 0 Å². The third-order valence-corrected chi connectivity index (χ3v) is 28.6. The molecule has 5 aromatic carbocycles. The molecule has 120 heavy (non-hydrogen) atoms. The van der Waals surface area contributed by atoms with Crippen LogP contribution in [0.15, 0.2) is 84.5 Å². The van der Waals surface area contributed by atoms with Gasteiger partial charge in [-0.3, -0.25) is 0 Å². The number of aliphatic hydroxyl groups is 3. The molecular weight excluding hydrogens is 1500 g/mol. The van der Waals surface area contributed by atoms with Gasteiger partial charge in [0.25, 0.3) is 0 Å². The summed E-state index contributed by atoms with van der Waals surface area (Å²) in [6.07, 6.45) is 33.4. The van der Waals surface area contributed by atoms with Crippen LogP contribution in [0.5, 0.6) is 57.5 Å². The standard InChI is InChI=1S/C21H30O4.3C21H30O2.C20H26O5.CH4/c1-5-6-7-8-13-11-15(22)18-16(12-13)25-20(2,3)14-9-10-21(4,24)19(23)17(14)18;1-5-6-7-8-14-11-17-19-15-13-21(4,23-18(19)12-14)10-9-16(15)20(2,3)22-17;2*1-5-6-7-8-15-12-18(22)20-16-11-14(2)9-10-17(16)21(3,4)23-19(20)13-15;1-5-6-11-9-13(21)16-15-12(10(2)3)7-8-20(4,24)18(15)25-17(16)14(11)19(22)23;/h11-12,19,22-24H,5-10H2,1-4H3;11-12,15-16H,5-10,13H2,1-4H3;2*11-14,17,22H,5-10H2,1-4H3;9,12,15,18,21,24H,2,5-8H2,1,3-4H3,(H,22,23);1H4/t;;14-,17+;14-,17-;12-,15+,18-,20-;/m..010./s1. The van der Waals surface area contributed by atoms with Gasteiger partial charge in [-0.05, 0) is 328 Å². The number of aromatic hydroxyl groups is 4. The minimum absolute atomic E-state index is 0. The lowest BCUT2D eigenvalue weighted by Gasteiger charge is -2.55. The molecule has 5 aromatic rings. The van der Waals surface area contributed by atoms with Crippen molar-refractivity contribution in [3.63, 3.8) is 0 Å². The van der Waals surface area contributed by atoms with Crippen molar-refractivity contribution in [2.45, 2.75) is 388 Å². The minimum atomic E-state index is -1.20. The van der Waals surface area contributed by atoms with E-state index in [0.29, 0.717) is 101 Å². The third kappa shape index (κ3) is 19.3. The van der Waals surface area contributed by atoms with Gasteiger partial charge in [0.05, 0.1) is 27.9 Å². The summed E-state index contributed by atoms with van der Waals surface area (Å²) < 4.78 is 37.9. The number of hydrogen-bond acceptors (Lipinski definition) is 14. The number of carbonyl (C=O) groups is 1. The van der Waals surface area contributed by atoms with E-state index in [1.54, 1.807) is 26.0 Å². The number of aromatic carboxylic acids is 1. The zero-order valence-electron chi connectivity index (χ0n) is 75.8. The SMILES string of the molecule is C.C=C(C)[C@@H]1CC[C@](C)(O)[C@H]2Oc3c(C(=O)O)c(CCC)cc(O)c3[C@@H]12.CCCCCc1cc(O)c2c(c1)OC(C)(C)C1=C2C(O)C(C)(O)CC1.CCCCCc1cc(O)c2c(c1)OC(C)(C)[C@@H]1CC[C@@H](C)C=C21.CCCCCc1cc(O)c2c(c1)OC(C)(C)[C@@H]1CC[C@H](C)C=C21.CCCCCc1cc2c3c(c1)OC(C)(C)C1CCC(C)(CC31)O2. The summed E-state index contributed by atoms with van der Waals surface area (Å²) >= 11 is 0. The highest BCUT2D eigenvalue weighted by Crippen LogP contribution is 2.63. The van der Waals surface area contributed by atoms with Crippen LogP contribution >= 0.6 is 0 Å². The van der Waals surface area contributed by atoms with Crippen molar-refractivity contribution >= 4 is 22.7 Å². The first-order chi connectivity index (χ1) is 56.1. The van der Waals surface area contributed by atoms with E-state index < -0.39 is 35.0 Å². The van der Waals surface area contributed by atoms with Crippen LogP contribution in [-0.2, 0) is 32.1 Å². The largest absolute Gasteiger partial charge is 0.508 e. The Morgan fingerprint density at radius 2 is 0.942 bits per heavy atom. The lowest BCUT2D eigenvalue weighted by Crippen LogP contribution is -2.53. The molecule has 8 N–H and O–H groups in total. The topological polar surface area (TPSA) is 234 Å².